The number of hydrogen-bond acceptors (Lipinski definition) is 4. The SMILES string of the molecule is Cn1ccc(C(=O)NCC(=O)NCC(=O)O)n1. The van der Waals surface area contributed by atoms with Gasteiger partial charge in [-0.2, -0.15) is 5.10 Å². The van der Waals surface area contributed by atoms with Gasteiger partial charge in [0.25, 0.3) is 5.91 Å². The standard InChI is InChI=1S/C9H12N4O4/c1-13-3-2-6(12-13)9(17)11-4-7(14)10-5-8(15)16/h2-3H,4-5H2,1H3,(H,10,14)(H,11,17)(H,15,16). The minimum absolute atomic E-state index is 0.193. The van der Waals surface area contributed by atoms with Crippen LogP contribution in [-0.2, 0) is 16.6 Å². The van der Waals surface area contributed by atoms with E-state index in [4.69, 9.17) is 5.11 Å². The number of aromatic nitrogens is 2. The molecule has 0 radical (unpaired) electrons. The van der Waals surface area contributed by atoms with E-state index in [9.17, 15) is 14.4 Å². The third-order valence-electron chi connectivity index (χ3n) is 1.79. The summed E-state index contributed by atoms with van der Waals surface area (Å²) in [5.41, 5.74) is 0.193. The molecule has 0 aliphatic rings. The Kier molecular flexibility index (Phi) is 4.21. The highest BCUT2D eigenvalue weighted by atomic mass is 16.4. The van der Waals surface area contributed by atoms with Gasteiger partial charge >= 0.3 is 5.97 Å². The Balaban J connectivity index is 2.33. The van der Waals surface area contributed by atoms with Crippen LogP contribution in [0.5, 0.6) is 0 Å². The van der Waals surface area contributed by atoms with Crippen LogP contribution in [0.2, 0.25) is 0 Å². The van der Waals surface area contributed by atoms with Gasteiger partial charge in [-0.15, -0.1) is 0 Å². The topological polar surface area (TPSA) is 113 Å². The molecule has 0 aromatic carbocycles. The summed E-state index contributed by atoms with van der Waals surface area (Å²) >= 11 is 0. The monoisotopic (exact) mass is 240 g/mol. The number of nitrogens with zero attached hydrogens (tertiary/aromatic N) is 2. The Morgan fingerprint density at radius 2 is 2.06 bits per heavy atom. The molecule has 0 aliphatic heterocycles. The number of aliphatic carboxylic acids is 1. The molecule has 0 saturated carbocycles. The minimum atomic E-state index is -1.14. The van der Waals surface area contributed by atoms with Crippen molar-refractivity contribution in [3.05, 3.63) is 18.0 Å². The number of carbonyl (C=O) groups is 3. The summed E-state index contributed by atoms with van der Waals surface area (Å²) in [6.45, 7) is -0.763. The van der Waals surface area contributed by atoms with Gasteiger partial charge in [-0.1, -0.05) is 0 Å². The van der Waals surface area contributed by atoms with Crippen molar-refractivity contribution < 1.29 is 19.5 Å². The number of aryl methyl sites for hydroxylation is 1. The third-order valence-corrected chi connectivity index (χ3v) is 1.79. The van der Waals surface area contributed by atoms with Crippen molar-refractivity contribution in [3.8, 4) is 0 Å². The lowest BCUT2D eigenvalue weighted by Crippen LogP contribution is -2.39. The minimum Gasteiger partial charge on any atom is -0.480 e. The maximum Gasteiger partial charge on any atom is 0.322 e. The van der Waals surface area contributed by atoms with E-state index in [-0.39, 0.29) is 12.2 Å². The third kappa shape index (κ3) is 4.33. The first kappa shape index (κ1) is 12.7. The van der Waals surface area contributed by atoms with Crippen molar-refractivity contribution in [1.29, 1.82) is 0 Å². The van der Waals surface area contributed by atoms with Gasteiger partial charge in [0.05, 0.1) is 6.54 Å². The number of rotatable bonds is 5. The normalized spacial score (nSPS) is 9.71. The largest absolute Gasteiger partial charge is 0.480 e. The Bertz CT molecular complexity index is 440. The summed E-state index contributed by atoms with van der Waals surface area (Å²) in [6, 6.07) is 1.50. The summed E-state index contributed by atoms with van der Waals surface area (Å²) in [6.07, 6.45) is 1.60. The predicted octanol–water partition coefficient (Wildman–Crippen LogP) is -1.65. The fourth-order valence-electron chi connectivity index (χ4n) is 1.02. The lowest BCUT2D eigenvalue weighted by molar-refractivity contribution is -0.137. The molecule has 3 N–H and O–H groups in total. The van der Waals surface area contributed by atoms with Crippen molar-refractivity contribution in [3.63, 3.8) is 0 Å². The van der Waals surface area contributed by atoms with Crippen molar-refractivity contribution in [2.75, 3.05) is 13.1 Å². The van der Waals surface area contributed by atoms with Crippen molar-refractivity contribution >= 4 is 17.8 Å². The molecule has 1 aromatic heterocycles. The highest BCUT2D eigenvalue weighted by Crippen LogP contribution is 1.92. The molecule has 0 spiro atoms. The number of carboxylic acid groups (broad SMARTS) is 1. The van der Waals surface area contributed by atoms with Gasteiger partial charge in [0.2, 0.25) is 5.91 Å². The maximum atomic E-state index is 11.4. The highest BCUT2D eigenvalue weighted by Gasteiger charge is 2.10. The van der Waals surface area contributed by atoms with E-state index >= 15 is 0 Å². The molecule has 0 bridgehead atoms. The summed E-state index contributed by atoms with van der Waals surface area (Å²) in [5, 5.41) is 16.6. The van der Waals surface area contributed by atoms with Crippen molar-refractivity contribution in [2.45, 2.75) is 0 Å². The van der Waals surface area contributed by atoms with Gasteiger partial charge in [0.15, 0.2) is 0 Å². The van der Waals surface area contributed by atoms with Crippen LogP contribution < -0.4 is 10.6 Å². The van der Waals surface area contributed by atoms with E-state index in [0.29, 0.717) is 0 Å². The van der Waals surface area contributed by atoms with E-state index in [2.05, 4.69) is 15.7 Å². The summed E-state index contributed by atoms with van der Waals surface area (Å²) < 4.78 is 1.46. The maximum absolute atomic E-state index is 11.4. The predicted molar refractivity (Wildman–Crippen MR) is 56.2 cm³/mol. The van der Waals surface area contributed by atoms with Crippen LogP contribution in [0.1, 0.15) is 10.5 Å². The van der Waals surface area contributed by atoms with Gasteiger partial charge < -0.3 is 15.7 Å². The number of carbonyl (C=O) groups excluding carboxylic acids is 2. The number of amides is 2. The van der Waals surface area contributed by atoms with Gasteiger partial charge in [0, 0.05) is 13.2 Å². The van der Waals surface area contributed by atoms with Crippen LogP contribution in [0.25, 0.3) is 0 Å². The lowest BCUT2D eigenvalue weighted by atomic mass is 10.4. The molecular weight excluding hydrogens is 228 g/mol. The molecule has 1 rings (SSSR count). The van der Waals surface area contributed by atoms with Crippen molar-refractivity contribution in [2.24, 2.45) is 7.05 Å². The Morgan fingerprint density at radius 1 is 1.35 bits per heavy atom. The fraction of sp³-hybridized carbons (Fsp3) is 0.333. The molecule has 0 saturated heterocycles. The molecular formula is C9H12N4O4. The van der Waals surface area contributed by atoms with Gasteiger partial charge in [0.1, 0.15) is 12.2 Å². The lowest BCUT2D eigenvalue weighted by Gasteiger charge is -2.03. The Hall–Kier alpha value is -2.38. The summed E-state index contributed by atoms with van der Waals surface area (Å²) in [5.74, 6) is -2.21. The smallest absolute Gasteiger partial charge is 0.322 e. The summed E-state index contributed by atoms with van der Waals surface area (Å²) in [7, 11) is 1.66. The second-order valence-electron chi connectivity index (χ2n) is 3.23. The second-order valence-corrected chi connectivity index (χ2v) is 3.23. The molecule has 92 valence electrons. The number of nitrogens with one attached hydrogen (secondary N) is 2. The van der Waals surface area contributed by atoms with Crippen LogP contribution in [0, 0.1) is 0 Å². The molecule has 1 heterocycles. The zero-order valence-corrected chi connectivity index (χ0v) is 9.14. The summed E-state index contributed by atoms with van der Waals surface area (Å²) in [4.78, 5) is 32.6. The zero-order valence-electron chi connectivity index (χ0n) is 9.14. The van der Waals surface area contributed by atoms with Crippen LogP contribution in [0.3, 0.4) is 0 Å². The Labute approximate surface area is 96.6 Å². The van der Waals surface area contributed by atoms with Crippen LogP contribution in [-0.4, -0.2) is 45.8 Å². The number of carboxylic acids is 1. The average molecular weight is 240 g/mol. The van der Waals surface area contributed by atoms with E-state index in [1.54, 1.807) is 13.2 Å². The van der Waals surface area contributed by atoms with Crippen LogP contribution in [0.15, 0.2) is 12.3 Å². The van der Waals surface area contributed by atoms with Gasteiger partial charge in [-0.3, -0.25) is 19.1 Å². The first-order valence-corrected chi connectivity index (χ1v) is 4.75. The van der Waals surface area contributed by atoms with Gasteiger partial charge in [-0.25, -0.2) is 0 Å². The molecule has 17 heavy (non-hydrogen) atoms. The molecule has 8 nitrogen and oxygen atoms in total. The molecule has 8 heteroatoms. The molecule has 0 aliphatic carbocycles. The quantitative estimate of drug-likeness (QED) is 0.570. The number of hydrogen-bond donors (Lipinski definition) is 3. The van der Waals surface area contributed by atoms with E-state index in [1.807, 2.05) is 0 Å². The van der Waals surface area contributed by atoms with Gasteiger partial charge in [-0.05, 0) is 6.07 Å². The molecule has 2 amide bonds. The molecule has 0 unspecified atom stereocenters. The van der Waals surface area contributed by atoms with E-state index in [1.165, 1.54) is 10.7 Å². The molecule has 1 aromatic rings. The second kappa shape index (κ2) is 5.64. The Morgan fingerprint density at radius 3 is 2.59 bits per heavy atom. The van der Waals surface area contributed by atoms with Crippen LogP contribution >= 0.6 is 0 Å². The zero-order chi connectivity index (χ0) is 12.8. The fourth-order valence-corrected chi connectivity index (χ4v) is 1.02. The first-order valence-electron chi connectivity index (χ1n) is 4.75. The first-order chi connectivity index (χ1) is 7.99. The van der Waals surface area contributed by atoms with E-state index in [0.717, 1.165) is 0 Å². The van der Waals surface area contributed by atoms with Crippen LogP contribution in [0.4, 0.5) is 0 Å². The van der Waals surface area contributed by atoms with E-state index < -0.39 is 24.3 Å². The average Bonchev–Trinajstić information content (AvgIpc) is 2.70. The molecule has 0 fully saturated rings. The molecule has 0 atom stereocenters. The highest BCUT2D eigenvalue weighted by molar-refractivity contribution is 5.95. The van der Waals surface area contributed by atoms with Crippen molar-refractivity contribution in [1.82, 2.24) is 20.4 Å².